The van der Waals surface area contributed by atoms with Crippen LogP contribution in [-0.2, 0) is 14.0 Å². The van der Waals surface area contributed by atoms with Gasteiger partial charge in [-0.1, -0.05) is 0 Å². The summed E-state index contributed by atoms with van der Waals surface area (Å²) < 4.78 is 48.7. The van der Waals surface area contributed by atoms with Crippen LogP contribution in [0.5, 0.6) is 5.75 Å². The predicted octanol–water partition coefficient (Wildman–Crippen LogP) is 2.25. The van der Waals surface area contributed by atoms with E-state index in [0.717, 1.165) is 6.07 Å². The third kappa shape index (κ3) is 3.05. The van der Waals surface area contributed by atoms with Gasteiger partial charge in [0.1, 0.15) is 0 Å². The zero-order valence-electron chi connectivity index (χ0n) is 12.8. The van der Waals surface area contributed by atoms with Crippen molar-refractivity contribution >= 4 is 12.6 Å². The lowest BCUT2D eigenvalue weighted by molar-refractivity contribution is 0.00578. The van der Waals surface area contributed by atoms with Crippen LogP contribution in [0, 0.1) is 11.6 Å². The molecule has 0 saturated carbocycles. The molecule has 7 heteroatoms. The first-order chi connectivity index (χ1) is 9.68. The molecule has 0 spiro atoms. The van der Waals surface area contributed by atoms with E-state index in [1.165, 1.54) is 13.2 Å². The van der Waals surface area contributed by atoms with E-state index in [9.17, 15) is 8.78 Å². The number of hydrogen-bond donors (Lipinski definition) is 0. The van der Waals surface area contributed by atoms with Crippen LogP contribution in [0.1, 0.15) is 27.7 Å². The largest absolute Gasteiger partial charge is 0.495 e. The first kappa shape index (κ1) is 16.2. The van der Waals surface area contributed by atoms with E-state index < -0.39 is 30.0 Å². The summed E-state index contributed by atoms with van der Waals surface area (Å²) in [6.45, 7) is 7.36. The minimum Gasteiger partial charge on any atom is -0.464 e. The second kappa shape index (κ2) is 5.55. The SMILES string of the molecule is COCOc1cc(B2OC(C)(C)C(C)(C)O2)cc(F)c1F. The fourth-order valence-electron chi connectivity index (χ4n) is 1.93. The molecule has 0 aromatic heterocycles. The van der Waals surface area contributed by atoms with Crippen molar-refractivity contribution in [1.82, 2.24) is 0 Å². The molecule has 2 rings (SSSR count). The van der Waals surface area contributed by atoms with Crippen LogP contribution in [0.15, 0.2) is 12.1 Å². The van der Waals surface area contributed by atoms with Gasteiger partial charge in [0.2, 0.25) is 5.82 Å². The van der Waals surface area contributed by atoms with Gasteiger partial charge in [0.05, 0.1) is 11.2 Å². The van der Waals surface area contributed by atoms with Crippen LogP contribution in [0.3, 0.4) is 0 Å². The van der Waals surface area contributed by atoms with Gasteiger partial charge in [-0.3, -0.25) is 0 Å². The van der Waals surface area contributed by atoms with Gasteiger partial charge in [-0.25, -0.2) is 4.39 Å². The molecule has 0 N–H and O–H groups in total. The molecule has 0 amide bonds. The lowest BCUT2D eigenvalue weighted by Crippen LogP contribution is -2.41. The van der Waals surface area contributed by atoms with Gasteiger partial charge in [-0.05, 0) is 45.3 Å². The molecule has 0 atom stereocenters. The summed E-state index contributed by atoms with van der Waals surface area (Å²) in [6.07, 6.45) is 0. The van der Waals surface area contributed by atoms with Gasteiger partial charge in [-0.2, -0.15) is 4.39 Å². The summed E-state index contributed by atoms with van der Waals surface area (Å²) in [5.74, 6) is -2.32. The molecule has 1 aliphatic heterocycles. The number of methoxy groups -OCH3 is 1. The normalized spacial score (nSPS) is 19.9. The van der Waals surface area contributed by atoms with Gasteiger partial charge in [0.25, 0.3) is 0 Å². The molecular formula is C14H19BF2O4. The Morgan fingerprint density at radius 1 is 1.10 bits per heavy atom. The Morgan fingerprint density at radius 3 is 2.19 bits per heavy atom. The van der Waals surface area contributed by atoms with E-state index >= 15 is 0 Å². The number of benzene rings is 1. The highest BCUT2D eigenvalue weighted by Crippen LogP contribution is 2.36. The van der Waals surface area contributed by atoms with E-state index in [4.69, 9.17) is 18.8 Å². The molecule has 1 aromatic rings. The van der Waals surface area contributed by atoms with E-state index in [2.05, 4.69) is 0 Å². The summed E-state index contributed by atoms with van der Waals surface area (Å²) >= 11 is 0. The Labute approximate surface area is 123 Å². The van der Waals surface area contributed by atoms with Crippen molar-refractivity contribution in [3.63, 3.8) is 0 Å². The van der Waals surface area contributed by atoms with E-state index in [-0.39, 0.29) is 12.5 Å². The highest BCUT2D eigenvalue weighted by molar-refractivity contribution is 6.62. The lowest BCUT2D eigenvalue weighted by Gasteiger charge is -2.32. The topological polar surface area (TPSA) is 36.9 Å². The molecule has 1 fully saturated rings. The molecule has 0 unspecified atom stereocenters. The molecule has 0 radical (unpaired) electrons. The maximum absolute atomic E-state index is 13.7. The van der Waals surface area contributed by atoms with Crippen LogP contribution in [-0.4, -0.2) is 32.2 Å². The van der Waals surface area contributed by atoms with Crippen LogP contribution in [0.2, 0.25) is 0 Å². The molecule has 4 nitrogen and oxygen atoms in total. The number of halogens is 2. The smallest absolute Gasteiger partial charge is 0.464 e. The first-order valence-electron chi connectivity index (χ1n) is 6.64. The van der Waals surface area contributed by atoms with Crippen molar-refractivity contribution in [3.05, 3.63) is 23.8 Å². The summed E-state index contributed by atoms with van der Waals surface area (Å²) in [5, 5.41) is 0. The monoisotopic (exact) mass is 300 g/mol. The molecule has 1 saturated heterocycles. The second-order valence-electron chi connectivity index (χ2n) is 5.95. The van der Waals surface area contributed by atoms with E-state index in [0.29, 0.717) is 5.46 Å². The minimum absolute atomic E-state index is 0.177. The summed E-state index contributed by atoms with van der Waals surface area (Å²) in [7, 11) is 0.613. The molecule has 0 aliphatic carbocycles. The van der Waals surface area contributed by atoms with Gasteiger partial charge in [0.15, 0.2) is 18.4 Å². The number of rotatable bonds is 4. The second-order valence-corrected chi connectivity index (χ2v) is 5.95. The fraction of sp³-hybridized carbons (Fsp3) is 0.571. The zero-order chi connectivity index (χ0) is 15.8. The van der Waals surface area contributed by atoms with Crippen LogP contribution in [0.4, 0.5) is 8.78 Å². The molecule has 21 heavy (non-hydrogen) atoms. The van der Waals surface area contributed by atoms with E-state index in [1.54, 1.807) is 0 Å². The Morgan fingerprint density at radius 2 is 1.67 bits per heavy atom. The maximum atomic E-state index is 13.7. The van der Waals surface area contributed by atoms with Crippen molar-refractivity contribution in [1.29, 1.82) is 0 Å². The molecular weight excluding hydrogens is 281 g/mol. The molecule has 1 aliphatic rings. The number of hydrogen-bond acceptors (Lipinski definition) is 4. The van der Waals surface area contributed by atoms with Crippen LogP contribution in [0.25, 0.3) is 0 Å². The Bertz CT molecular complexity index is 518. The third-order valence-electron chi connectivity index (χ3n) is 3.87. The standard InChI is InChI=1S/C14H19BF2O4/c1-13(2)14(3,4)21-15(20-13)9-6-10(16)12(17)11(7-9)19-8-18-5/h6-7H,8H2,1-5H3. The first-order valence-corrected chi connectivity index (χ1v) is 6.64. The summed E-state index contributed by atoms with van der Waals surface area (Å²) in [5.41, 5.74) is -0.759. The third-order valence-corrected chi connectivity index (χ3v) is 3.87. The fourth-order valence-corrected chi connectivity index (χ4v) is 1.93. The van der Waals surface area contributed by atoms with Gasteiger partial charge in [0, 0.05) is 7.11 Å². The predicted molar refractivity (Wildman–Crippen MR) is 74.6 cm³/mol. The maximum Gasteiger partial charge on any atom is 0.495 e. The van der Waals surface area contributed by atoms with Crippen molar-refractivity contribution in [2.75, 3.05) is 13.9 Å². The van der Waals surface area contributed by atoms with Gasteiger partial charge in [-0.15, -0.1) is 0 Å². The Balaban J connectivity index is 2.31. The Kier molecular flexibility index (Phi) is 4.28. The summed E-state index contributed by atoms with van der Waals surface area (Å²) in [4.78, 5) is 0. The number of ether oxygens (including phenoxy) is 2. The van der Waals surface area contributed by atoms with E-state index in [1.807, 2.05) is 27.7 Å². The summed E-state index contributed by atoms with van der Waals surface area (Å²) in [6, 6.07) is 2.41. The van der Waals surface area contributed by atoms with Crippen molar-refractivity contribution < 1.29 is 27.6 Å². The average molecular weight is 300 g/mol. The molecule has 0 bridgehead atoms. The minimum atomic E-state index is -1.06. The quantitative estimate of drug-likeness (QED) is 0.631. The average Bonchev–Trinajstić information content (AvgIpc) is 2.60. The zero-order valence-corrected chi connectivity index (χ0v) is 12.8. The molecule has 1 aromatic carbocycles. The van der Waals surface area contributed by atoms with Crippen molar-refractivity contribution in [2.45, 2.75) is 38.9 Å². The highest BCUT2D eigenvalue weighted by Gasteiger charge is 2.52. The molecule has 116 valence electrons. The lowest BCUT2D eigenvalue weighted by atomic mass is 9.79. The molecule has 1 heterocycles. The van der Waals surface area contributed by atoms with Crippen molar-refractivity contribution in [3.8, 4) is 5.75 Å². The van der Waals surface area contributed by atoms with Crippen molar-refractivity contribution in [2.24, 2.45) is 0 Å². The van der Waals surface area contributed by atoms with Crippen LogP contribution < -0.4 is 10.2 Å². The van der Waals surface area contributed by atoms with Crippen LogP contribution >= 0.6 is 0 Å². The van der Waals surface area contributed by atoms with Gasteiger partial charge >= 0.3 is 7.12 Å². The Hall–Kier alpha value is -1.18. The highest BCUT2D eigenvalue weighted by atomic mass is 19.2. The van der Waals surface area contributed by atoms with Gasteiger partial charge < -0.3 is 18.8 Å².